The fraction of sp³-hybridized carbons (Fsp3) is 0.273. The number of hydrogen-bond donors (Lipinski definition) is 2. The Morgan fingerprint density at radius 3 is 2.89 bits per heavy atom. The summed E-state index contributed by atoms with van der Waals surface area (Å²) in [6.45, 7) is 2.79. The largest absolute Gasteiger partial charge is 0.354 e. The Balaban J connectivity index is 2.30. The molecule has 19 heavy (non-hydrogen) atoms. The molecule has 1 aliphatic rings. The van der Waals surface area contributed by atoms with Gasteiger partial charge in [-0.05, 0) is 13.0 Å². The summed E-state index contributed by atoms with van der Waals surface area (Å²) in [6, 6.07) is 2.57. The van der Waals surface area contributed by atoms with Crippen LogP contribution in [0.3, 0.4) is 0 Å². The van der Waals surface area contributed by atoms with Gasteiger partial charge in [0.15, 0.2) is 5.96 Å². The minimum atomic E-state index is -0.548. The van der Waals surface area contributed by atoms with Crippen molar-refractivity contribution in [3.63, 3.8) is 0 Å². The fourth-order valence-corrected chi connectivity index (χ4v) is 1.99. The molecule has 7 nitrogen and oxygen atoms in total. The second-order valence-corrected chi connectivity index (χ2v) is 4.39. The van der Waals surface area contributed by atoms with Crippen LogP contribution in [0.1, 0.15) is 15.9 Å². The number of hydrogen-bond acceptors (Lipinski definition) is 5. The molecule has 1 aliphatic heterocycles. The molecule has 0 aliphatic carbocycles. The quantitative estimate of drug-likeness (QED) is 0.630. The van der Waals surface area contributed by atoms with Crippen molar-refractivity contribution < 1.29 is 9.72 Å². The third kappa shape index (κ3) is 2.82. The van der Waals surface area contributed by atoms with Gasteiger partial charge in [0.1, 0.15) is 0 Å². The summed E-state index contributed by atoms with van der Waals surface area (Å²) in [6.07, 6.45) is 0. The number of carbonyl (C=O) groups is 1. The van der Waals surface area contributed by atoms with E-state index in [-0.39, 0.29) is 16.3 Å². The van der Waals surface area contributed by atoms with Gasteiger partial charge in [-0.15, -0.1) is 0 Å². The van der Waals surface area contributed by atoms with E-state index in [1.165, 1.54) is 12.1 Å². The van der Waals surface area contributed by atoms with Crippen LogP contribution in [0.2, 0.25) is 5.02 Å². The zero-order valence-electron chi connectivity index (χ0n) is 10.1. The molecular weight excluding hydrogens is 272 g/mol. The molecule has 0 saturated heterocycles. The van der Waals surface area contributed by atoms with Gasteiger partial charge < -0.3 is 5.32 Å². The summed E-state index contributed by atoms with van der Waals surface area (Å²) < 4.78 is 0. The lowest BCUT2D eigenvalue weighted by atomic mass is 10.1. The summed E-state index contributed by atoms with van der Waals surface area (Å²) in [4.78, 5) is 26.3. The van der Waals surface area contributed by atoms with Crippen LogP contribution >= 0.6 is 11.6 Å². The van der Waals surface area contributed by atoms with E-state index in [1.54, 1.807) is 6.92 Å². The number of rotatable bonds is 2. The zero-order chi connectivity index (χ0) is 14.0. The Labute approximate surface area is 113 Å². The minimum Gasteiger partial charge on any atom is -0.354 e. The van der Waals surface area contributed by atoms with Crippen LogP contribution in [0, 0.1) is 17.0 Å². The maximum absolute atomic E-state index is 12.0. The smallest absolute Gasteiger partial charge is 0.273 e. The summed E-state index contributed by atoms with van der Waals surface area (Å²) in [5.74, 6) is -0.175. The minimum absolute atomic E-state index is 0.0513. The molecule has 8 heteroatoms. The van der Waals surface area contributed by atoms with Crippen LogP contribution in [0.5, 0.6) is 0 Å². The highest BCUT2D eigenvalue weighted by atomic mass is 35.5. The average molecular weight is 283 g/mol. The molecular formula is C11H11ClN4O3. The molecule has 2 N–H and O–H groups in total. The van der Waals surface area contributed by atoms with Gasteiger partial charge in [0.2, 0.25) is 0 Å². The van der Waals surface area contributed by atoms with Crippen LogP contribution in [-0.2, 0) is 0 Å². The van der Waals surface area contributed by atoms with Gasteiger partial charge in [0.05, 0.1) is 22.1 Å². The van der Waals surface area contributed by atoms with Crippen LogP contribution in [0.4, 0.5) is 5.69 Å². The molecule has 100 valence electrons. The lowest BCUT2D eigenvalue weighted by molar-refractivity contribution is -0.385. The van der Waals surface area contributed by atoms with Crippen LogP contribution in [-0.4, -0.2) is 29.9 Å². The highest BCUT2D eigenvalue weighted by Gasteiger charge is 2.20. The molecule has 2 rings (SSSR count). The molecule has 1 aromatic carbocycles. The van der Waals surface area contributed by atoms with Crippen molar-refractivity contribution >= 4 is 29.2 Å². The fourth-order valence-electron chi connectivity index (χ4n) is 1.69. The van der Waals surface area contributed by atoms with Crippen molar-refractivity contribution in [1.82, 2.24) is 10.6 Å². The average Bonchev–Trinajstić information content (AvgIpc) is 2.81. The summed E-state index contributed by atoms with van der Waals surface area (Å²) in [5.41, 5.74) is 0.314. The van der Waals surface area contributed by atoms with Crippen molar-refractivity contribution in [3.8, 4) is 0 Å². The SMILES string of the molecule is Cc1cc(Cl)c(C(=O)NC2=NCCN2)cc1[N+](=O)[O-]. The van der Waals surface area contributed by atoms with E-state index in [2.05, 4.69) is 15.6 Å². The third-order valence-electron chi connectivity index (χ3n) is 2.63. The standard InChI is InChI=1S/C11H11ClN4O3/c1-6-4-8(12)7(5-9(6)16(18)19)10(17)15-11-13-2-3-14-11/h4-5H,2-3H2,1H3,(H2,13,14,15,17). The van der Waals surface area contributed by atoms with Gasteiger partial charge in [0.25, 0.3) is 11.6 Å². The van der Waals surface area contributed by atoms with Crippen LogP contribution in [0.15, 0.2) is 17.1 Å². The number of guanidine groups is 1. The van der Waals surface area contributed by atoms with E-state index in [9.17, 15) is 14.9 Å². The number of amides is 1. The molecule has 0 unspecified atom stereocenters. The Morgan fingerprint density at radius 2 is 2.32 bits per heavy atom. The topological polar surface area (TPSA) is 96.6 Å². The first-order valence-corrected chi connectivity index (χ1v) is 5.91. The first-order valence-electron chi connectivity index (χ1n) is 5.53. The van der Waals surface area contributed by atoms with Crippen LogP contribution in [0.25, 0.3) is 0 Å². The number of nitro groups is 1. The van der Waals surface area contributed by atoms with Gasteiger partial charge in [-0.2, -0.15) is 0 Å². The molecule has 1 amide bonds. The van der Waals surface area contributed by atoms with Crippen molar-refractivity contribution in [2.75, 3.05) is 13.1 Å². The van der Waals surface area contributed by atoms with Crippen molar-refractivity contribution in [1.29, 1.82) is 0 Å². The lowest BCUT2D eigenvalue weighted by Gasteiger charge is -2.08. The van der Waals surface area contributed by atoms with E-state index < -0.39 is 10.8 Å². The van der Waals surface area contributed by atoms with Crippen molar-refractivity contribution in [3.05, 3.63) is 38.4 Å². The normalized spacial score (nSPS) is 13.7. The predicted molar refractivity (Wildman–Crippen MR) is 70.6 cm³/mol. The third-order valence-corrected chi connectivity index (χ3v) is 2.95. The molecule has 0 saturated carbocycles. The molecule has 0 aromatic heterocycles. The monoisotopic (exact) mass is 282 g/mol. The Hall–Kier alpha value is -2.15. The van der Waals surface area contributed by atoms with E-state index in [4.69, 9.17) is 11.6 Å². The number of aliphatic imine (C=N–C) groups is 1. The van der Waals surface area contributed by atoms with Crippen molar-refractivity contribution in [2.24, 2.45) is 4.99 Å². The predicted octanol–water partition coefficient (Wildman–Crippen LogP) is 1.25. The first-order chi connectivity index (χ1) is 8.99. The van der Waals surface area contributed by atoms with E-state index >= 15 is 0 Å². The van der Waals surface area contributed by atoms with Crippen molar-refractivity contribution in [2.45, 2.75) is 6.92 Å². The highest BCUT2D eigenvalue weighted by molar-refractivity contribution is 6.34. The zero-order valence-corrected chi connectivity index (χ0v) is 10.8. The van der Waals surface area contributed by atoms with Crippen LogP contribution < -0.4 is 10.6 Å². The second-order valence-electron chi connectivity index (χ2n) is 3.99. The molecule has 0 radical (unpaired) electrons. The first kappa shape index (κ1) is 13.3. The molecule has 0 fully saturated rings. The number of nitrogens with zero attached hydrogens (tertiary/aromatic N) is 2. The number of nitrogens with one attached hydrogen (secondary N) is 2. The summed E-state index contributed by atoms with van der Waals surface area (Å²) >= 11 is 5.94. The Kier molecular flexibility index (Phi) is 3.66. The van der Waals surface area contributed by atoms with E-state index in [1.807, 2.05) is 0 Å². The lowest BCUT2D eigenvalue weighted by Crippen LogP contribution is -2.38. The Bertz CT molecular complexity index is 586. The Morgan fingerprint density at radius 1 is 1.58 bits per heavy atom. The number of benzene rings is 1. The molecule has 0 bridgehead atoms. The van der Waals surface area contributed by atoms with Gasteiger partial charge in [-0.25, -0.2) is 0 Å². The molecule has 0 spiro atoms. The van der Waals surface area contributed by atoms with Gasteiger partial charge >= 0.3 is 0 Å². The van der Waals surface area contributed by atoms with Gasteiger partial charge in [-0.3, -0.25) is 25.2 Å². The maximum atomic E-state index is 12.0. The molecule has 0 atom stereocenters. The number of nitro benzene ring substituents is 1. The van der Waals surface area contributed by atoms with Gasteiger partial charge in [0, 0.05) is 18.2 Å². The van der Waals surface area contributed by atoms with E-state index in [0.717, 1.165) is 0 Å². The maximum Gasteiger partial charge on any atom is 0.273 e. The number of carbonyl (C=O) groups excluding carboxylic acids is 1. The number of halogens is 1. The van der Waals surface area contributed by atoms with E-state index in [0.29, 0.717) is 24.6 Å². The number of aryl methyl sites for hydroxylation is 1. The highest BCUT2D eigenvalue weighted by Crippen LogP contribution is 2.26. The second kappa shape index (κ2) is 5.23. The molecule has 1 aromatic rings. The molecule has 1 heterocycles. The summed E-state index contributed by atoms with van der Waals surface area (Å²) in [7, 11) is 0. The summed E-state index contributed by atoms with van der Waals surface area (Å²) in [5, 5.41) is 16.4. The van der Waals surface area contributed by atoms with Gasteiger partial charge in [-0.1, -0.05) is 11.6 Å².